The number of piperazine rings is 1. The van der Waals surface area contributed by atoms with Crippen LogP contribution in [0.25, 0.3) is 0 Å². The van der Waals surface area contributed by atoms with Crippen molar-refractivity contribution in [3.63, 3.8) is 0 Å². The molecule has 126 valence electrons. The molecule has 2 aromatic rings. The van der Waals surface area contributed by atoms with Crippen molar-refractivity contribution in [3.05, 3.63) is 74.8 Å². The van der Waals surface area contributed by atoms with Gasteiger partial charge >= 0.3 is 0 Å². The summed E-state index contributed by atoms with van der Waals surface area (Å²) in [6.45, 7) is 5.81. The predicted molar refractivity (Wildman–Crippen MR) is 93.3 cm³/mol. The van der Waals surface area contributed by atoms with E-state index < -0.39 is 0 Å². The van der Waals surface area contributed by atoms with Crippen molar-refractivity contribution in [2.45, 2.75) is 13.1 Å². The van der Waals surface area contributed by atoms with Gasteiger partial charge in [-0.05, 0) is 12.1 Å². The fourth-order valence-electron chi connectivity index (χ4n) is 3.33. The van der Waals surface area contributed by atoms with Gasteiger partial charge in [0.1, 0.15) is 39.3 Å². The third-order valence-electron chi connectivity index (χ3n) is 4.69. The summed E-state index contributed by atoms with van der Waals surface area (Å²) in [6.07, 6.45) is 0. The highest BCUT2D eigenvalue weighted by Gasteiger charge is 2.25. The quantitative estimate of drug-likeness (QED) is 0.619. The first-order chi connectivity index (χ1) is 11.6. The molecule has 5 nitrogen and oxygen atoms in total. The van der Waals surface area contributed by atoms with Gasteiger partial charge in [-0.25, -0.2) is 0 Å². The maximum atomic E-state index is 11.1. The lowest BCUT2D eigenvalue weighted by Gasteiger charge is -2.29. The van der Waals surface area contributed by atoms with Crippen LogP contribution in [-0.2, 0) is 13.1 Å². The van der Waals surface area contributed by atoms with Crippen molar-refractivity contribution in [3.8, 4) is 0 Å². The van der Waals surface area contributed by atoms with Crippen LogP contribution in [-0.4, -0.2) is 31.1 Å². The van der Waals surface area contributed by atoms with Gasteiger partial charge in [0.15, 0.2) is 0 Å². The highest BCUT2D eigenvalue weighted by Crippen LogP contribution is 2.16. The van der Waals surface area contributed by atoms with E-state index in [1.165, 1.54) is 15.4 Å². The Morgan fingerprint density at radius 2 is 1.38 bits per heavy atom. The molecule has 1 saturated heterocycles. The molecule has 24 heavy (non-hydrogen) atoms. The van der Waals surface area contributed by atoms with Gasteiger partial charge in [-0.2, -0.15) is 0 Å². The zero-order valence-corrected chi connectivity index (χ0v) is 14.3. The smallest absolute Gasteiger partial charge is 0.278 e. The molecule has 0 saturated carbocycles. The molecule has 0 aromatic heterocycles. The number of rotatable bonds is 5. The molecule has 0 spiro atoms. The highest BCUT2D eigenvalue weighted by molar-refractivity contribution is 6.31. The second-order valence-corrected chi connectivity index (χ2v) is 6.74. The van der Waals surface area contributed by atoms with E-state index in [2.05, 4.69) is 6.07 Å². The number of quaternary nitrogens is 2. The molecule has 2 aromatic carbocycles. The molecule has 1 aliphatic rings. The summed E-state index contributed by atoms with van der Waals surface area (Å²) in [7, 11) is 0. The maximum absolute atomic E-state index is 11.1. The first-order valence-electron chi connectivity index (χ1n) is 8.26. The number of nitrogens with one attached hydrogen (secondary N) is 2. The van der Waals surface area contributed by atoms with Crippen LogP contribution in [0.15, 0.2) is 48.5 Å². The summed E-state index contributed by atoms with van der Waals surface area (Å²) >= 11 is 6.24. The van der Waals surface area contributed by atoms with Gasteiger partial charge in [-0.15, -0.1) is 0 Å². The number of halogens is 1. The minimum Gasteiger partial charge on any atom is -0.322 e. The van der Waals surface area contributed by atoms with Crippen molar-refractivity contribution in [1.29, 1.82) is 0 Å². The Kier molecular flexibility index (Phi) is 5.45. The third-order valence-corrected chi connectivity index (χ3v) is 5.06. The Labute approximate surface area is 146 Å². The Morgan fingerprint density at radius 3 is 1.96 bits per heavy atom. The topological polar surface area (TPSA) is 52.0 Å². The van der Waals surface area contributed by atoms with Crippen LogP contribution in [0.1, 0.15) is 11.1 Å². The Morgan fingerprint density at radius 1 is 0.875 bits per heavy atom. The monoisotopic (exact) mass is 347 g/mol. The van der Waals surface area contributed by atoms with E-state index in [9.17, 15) is 10.1 Å². The van der Waals surface area contributed by atoms with Crippen molar-refractivity contribution in [1.82, 2.24) is 0 Å². The average molecular weight is 348 g/mol. The van der Waals surface area contributed by atoms with E-state index in [4.69, 9.17) is 11.6 Å². The first kappa shape index (κ1) is 16.9. The van der Waals surface area contributed by atoms with E-state index in [1.54, 1.807) is 12.1 Å². The number of hydrogen-bond acceptors (Lipinski definition) is 2. The summed E-state index contributed by atoms with van der Waals surface area (Å²) in [5.74, 6) is 0. The molecule has 1 aliphatic heterocycles. The Hall–Kier alpha value is -1.95. The Balaban J connectivity index is 1.56. The average Bonchev–Trinajstić information content (AvgIpc) is 2.59. The second kappa shape index (κ2) is 7.75. The van der Waals surface area contributed by atoms with Gasteiger partial charge in [0.25, 0.3) is 5.69 Å². The van der Waals surface area contributed by atoms with Gasteiger partial charge in [-0.1, -0.05) is 41.9 Å². The van der Waals surface area contributed by atoms with Crippen LogP contribution >= 0.6 is 11.6 Å². The summed E-state index contributed by atoms with van der Waals surface area (Å²) in [5, 5.41) is 12.0. The van der Waals surface area contributed by atoms with Gasteiger partial charge in [0.2, 0.25) is 0 Å². The normalized spacial score (nSPS) is 20.7. The van der Waals surface area contributed by atoms with Crippen molar-refractivity contribution < 1.29 is 14.7 Å². The van der Waals surface area contributed by atoms with Crippen LogP contribution in [0.5, 0.6) is 0 Å². The summed E-state index contributed by atoms with van der Waals surface area (Å²) in [5.41, 5.74) is 2.25. The number of para-hydroxylation sites is 1. The maximum Gasteiger partial charge on any atom is 0.278 e. The zero-order chi connectivity index (χ0) is 16.9. The van der Waals surface area contributed by atoms with Crippen LogP contribution in [0.4, 0.5) is 5.69 Å². The molecule has 2 N–H and O–H groups in total. The Bertz CT molecular complexity index is 715. The zero-order valence-electron chi connectivity index (χ0n) is 13.5. The molecule has 6 heteroatoms. The summed E-state index contributed by atoms with van der Waals surface area (Å²) < 4.78 is 0. The number of nitro groups is 1. The van der Waals surface area contributed by atoms with Gasteiger partial charge in [0, 0.05) is 16.7 Å². The molecular weight excluding hydrogens is 326 g/mol. The van der Waals surface area contributed by atoms with Gasteiger partial charge in [-0.3, -0.25) is 10.1 Å². The van der Waals surface area contributed by atoms with Crippen LogP contribution in [0.3, 0.4) is 0 Å². The molecule has 0 atom stereocenters. The fraction of sp³-hybridized carbons (Fsp3) is 0.333. The SMILES string of the molecule is O=[N+]([O-])c1ccccc1C[NH+]1CC[NH+](Cc2ccccc2Cl)CC1. The van der Waals surface area contributed by atoms with Crippen LogP contribution in [0.2, 0.25) is 5.02 Å². The lowest BCUT2D eigenvalue weighted by Crippen LogP contribution is -3.27. The largest absolute Gasteiger partial charge is 0.322 e. The summed E-state index contributed by atoms with van der Waals surface area (Å²) in [4.78, 5) is 13.8. The van der Waals surface area contributed by atoms with Crippen LogP contribution in [0, 0.1) is 10.1 Å². The molecule has 1 heterocycles. The van der Waals surface area contributed by atoms with Crippen molar-refractivity contribution in [2.24, 2.45) is 0 Å². The molecule has 1 fully saturated rings. The molecule has 3 rings (SSSR count). The fourth-order valence-corrected chi connectivity index (χ4v) is 3.53. The molecule has 0 radical (unpaired) electrons. The van der Waals surface area contributed by atoms with E-state index >= 15 is 0 Å². The van der Waals surface area contributed by atoms with Crippen molar-refractivity contribution in [2.75, 3.05) is 26.2 Å². The number of nitrogens with zero attached hydrogens (tertiary/aromatic N) is 1. The van der Waals surface area contributed by atoms with Gasteiger partial charge in [0.05, 0.1) is 10.5 Å². The lowest BCUT2D eigenvalue weighted by atomic mass is 10.1. The molecule has 0 amide bonds. The van der Waals surface area contributed by atoms with E-state index in [0.29, 0.717) is 0 Å². The molecule has 0 bridgehead atoms. The van der Waals surface area contributed by atoms with Crippen molar-refractivity contribution >= 4 is 17.3 Å². The first-order valence-corrected chi connectivity index (χ1v) is 8.64. The summed E-state index contributed by atoms with van der Waals surface area (Å²) in [6, 6.07) is 15.1. The van der Waals surface area contributed by atoms with Gasteiger partial charge < -0.3 is 9.80 Å². The van der Waals surface area contributed by atoms with E-state index in [1.807, 2.05) is 30.3 Å². The third kappa shape index (κ3) is 4.12. The standard InChI is InChI=1S/C18H20ClN3O2/c19-17-7-3-1-5-15(17)13-20-9-11-21(12-10-20)14-16-6-2-4-8-18(16)22(23)24/h1-8H,9-14H2/p+2. The molecule has 0 unspecified atom stereocenters. The minimum atomic E-state index is -0.284. The predicted octanol–water partition coefficient (Wildman–Crippen LogP) is 0.732. The minimum absolute atomic E-state index is 0.232. The van der Waals surface area contributed by atoms with Crippen LogP contribution < -0.4 is 9.80 Å². The molecule has 0 aliphatic carbocycles. The number of nitro benzene ring substituents is 1. The lowest BCUT2D eigenvalue weighted by molar-refractivity contribution is -1.02. The number of hydrogen-bond donors (Lipinski definition) is 2. The highest BCUT2D eigenvalue weighted by atomic mass is 35.5. The van der Waals surface area contributed by atoms with E-state index in [0.717, 1.165) is 49.9 Å². The molecular formula is C18H22ClN3O2+2. The number of benzene rings is 2. The second-order valence-electron chi connectivity index (χ2n) is 6.33. The van der Waals surface area contributed by atoms with E-state index in [-0.39, 0.29) is 10.6 Å².